The summed E-state index contributed by atoms with van der Waals surface area (Å²) in [4.78, 5) is 19.4. The lowest BCUT2D eigenvalue weighted by Crippen LogP contribution is -2.69. The van der Waals surface area contributed by atoms with Crippen LogP contribution < -0.4 is 9.47 Å². The summed E-state index contributed by atoms with van der Waals surface area (Å²) in [5, 5.41) is 10.2. The molecular weight excluding hydrogens is 633 g/mol. The van der Waals surface area contributed by atoms with Crippen molar-refractivity contribution in [3.8, 4) is 11.5 Å². The van der Waals surface area contributed by atoms with Gasteiger partial charge in [0.25, 0.3) is 0 Å². The van der Waals surface area contributed by atoms with Crippen LogP contribution in [0.15, 0.2) is 72.8 Å². The van der Waals surface area contributed by atoms with Crippen LogP contribution in [0.5, 0.6) is 11.5 Å². The lowest BCUT2D eigenvalue weighted by molar-refractivity contribution is -0.143. The smallest absolute Gasteiger partial charge is 0.222 e. The standard InChI is InChI=1S/C45H58N2O4/c1-50-40-25-22-34-29-38-36-23-24-37(44-45(36,42(34)43(40)51-44)26-28-46(38)31-35-30-39(35)48)47(27-14-13-20-33-18-10-6-11-19-33)41(49)21-12-4-2-3-7-15-32-16-8-5-9-17-32/h5-6,8-11,16-19,22,25,35-39,44,48H,2-4,7,12-15,20-21,23-24,26-31H2,1H3/t35?,36-,37+,38+,39?,44-,45-/m0/s1. The van der Waals surface area contributed by atoms with Crippen LogP contribution in [0.1, 0.15) is 99.3 Å². The van der Waals surface area contributed by atoms with Crippen LogP contribution in [0.25, 0.3) is 0 Å². The number of ether oxygens (including phenoxy) is 2. The third kappa shape index (κ3) is 6.95. The van der Waals surface area contributed by atoms with E-state index in [4.69, 9.17) is 9.47 Å². The molecule has 2 aliphatic heterocycles. The Labute approximate surface area is 305 Å². The number of hydrogen-bond acceptors (Lipinski definition) is 5. The van der Waals surface area contributed by atoms with Gasteiger partial charge in [0.1, 0.15) is 6.10 Å². The molecule has 51 heavy (non-hydrogen) atoms. The second-order valence-corrected chi connectivity index (χ2v) is 16.3. The fraction of sp³-hybridized carbons (Fsp3) is 0.578. The number of aliphatic hydroxyl groups excluding tert-OH is 1. The van der Waals surface area contributed by atoms with Gasteiger partial charge in [0, 0.05) is 42.4 Å². The maximum absolute atomic E-state index is 14.4. The lowest BCUT2D eigenvalue weighted by Gasteiger charge is -2.60. The molecule has 2 bridgehead atoms. The van der Waals surface area contributed by atoms with Crippen LogP contribution in [0, 0.1) is 11.8 Å². The second kappa shape index (κ2) is 15.3. The maximum Gasteiger partial charge on any atom is 0.222 e. The largest absolute Gasteiger partial charge is 0.493 e. The molecule has 6 nitrogen and oxygen atoms in total. The summed E-state index contributed by atoms with van der Waals surface area (Å²) in [6, 6.07) is 26.5. The van der Waals surface area contributed by atoms with Gasteiger partial charge in [-0.05, 0) is 106 Å². The van der Waals surface area contributed by atoms with Gasteiger partial charge in [0.15, 0.2) is 11.5 Å². The van der Waals surface area contributed by atoms with E-state index in [1.807, 2.05) is 0 Å². The first-order chi connectivity index (χ1) is 25.1. The van der Waals surface area contributed by atoms with Crippen LogP contribution in [0.2, 0.25) is 0 Å². The average molecular weight is 691 g/mol. The van der Waals surface area contributed by atoms with E-state index in [0.29, 0.717) is 30.2 Å². The van der Waals surface area contributed by atoms with E-state index in [0.717, 1.165) is 102 Å². The first-order valence-corrected chi connectivity index (χ1v) is 20.2. The van der Waals surface area contributed by atoms with E-state index in [-0.39, 0.29) is 23.7 Å². The van der Waals surface area contributed by atoms with Crippen molar-refractivity contribution in [2.75, 3.05) is 26.7 Å². The van der Waals surface area contributed by atoms with Crippen molar-refractivity contribution < 1.29 is 19.4 Å². The van der Waals surface area contributed by atoms with Gasteiger partial charge < -0.3 is 19.5 Å². The van der Waals surface area contributed by atoms with Gasteiger partial charge in [-0.3, -0.25) is 9.69 Å². The summed E-state index contributed by atoms with van der Waals surface area (Å²) in [6.07, 6.45) is 15.5. The second-order valence-electron chi connectivity index (χ2n) is 16.3. The Bertz CT molecular complexity index is 1630. The van der Waals surface area contributed by atoms with E-state index < -0.39 is 0 Å². The normalized spacial score (nSPS) is 28.5. The number of unbranched alkanes of at least 4 members (excludes halogenated alkanes) is 5. The van der Waals surface area contributed by atoms with Gasteiger partial charge in [-0.2, -0.15) is 0 Å². The highest BCUT2D eigenvalue weighted by molar-refractivity contribution is 5.77. The molecule has 3 aromatic rings. The minimum Gasteiger partial charge on any atom is -0.493 e. The van der Waals surface area contributed by atoms with Crippen LogP contribution in [-0.4, -0.2) is 71.8 Å². The predicted octanol–water partition coefficient (Wildman–Crippen LogP) is 7.92. The molecule has 6 heteroatoms. The third-order valence-electron chi connectivity index (χ3n) is 13.3. The van der Waals surface area contributed by atoms with Crippen molar-refractivity contribution in [3.63, 3.8) is 0 Å². The molecular formula is C45H58N2O4. The molecule has 3 fully saturated rings. The maximum atomic E-state index is 14.4. The number of carbonyl (C=O) groups is 1. The van der Waals surface area contributed by atoms with E-state index >= 15 is 0 Å². The summed E-state index contributed by atoms with van der Waals surface area (Å²) in [6.45, 7) is 2.83. The van der Waals surface area contributed by atoms with Gasteiger partial charge >= 0.3 is 0 Å². The van der Waals surface area contributed by atoms with Crippen molar-refractivity contribution in [3.05, 3.63) is 95.1 Å². The van der Waals surface area contributed by atoms with E-state index in [9.17, 15) is 9.90 Å². The number of carbonyl (C=O) groups excluding carboxylic acids is 1. The number of benzene rings is 3. The van der Waals surface area contributed by atoms with Crippen molar-refractivity contribution in [2.45, 2.75) is 126 Å². The molecule has 0 aromatic heterocycles. The molecule has 2 heterocycles. The molecule has 1 amide bonds. The summed E-state index contributed by atoms with van der Waals surface area (Å²) in [5.41, 5.74) is 5.50. The Morgan fingerprint density at radius 3 is 2.29 bits per heavy atom. The molecule has 7 atom stereocenters. The van der Waals surface area contributed by atoms with Gasteiger partial charge in [-0.1, -0.05) is 86.0 Å². The van der Waals surface area contributed by atoms with E-state index in [1.165, 1.54) is 41.5 Å². The van der Waals surface area contributed by atoms with Crippen molar-refractivity contribution in [2.24, 2.45) is 11.8 Å². The van der Waals surface area contributed by atoms with Crippen LogP contribution in [0.4, 0.5) is 0 Å². The number of piperidine rings is 1. The number of aliphatic hydroxyl groups is 1. The molecule has 5 aliphatic rings. The van der Waals surface area contributed by atoms with Crippen LogP contribution in [0.3, 0.4) is 0 Å². The molecule has 0 radical (unpaired) electrons. The fourth-order valence-electron chi connectivity index (χ4n) is 10.7. The summed E-state index contributed by atoms with van der Waals surface area (Å²) >= 11 is 0. The minimum absolute atomic E-state index is 0.0474. The molecule has 3 aliphatic carbocycles. The molecule has 2 unspecified atom stereocenters. The number of amides is 1. The van der Waals surface area contributed by atoms with Gasteiger partial charge in [0.2, 0.25) is 5.91 Å². The molecule has 1 N–H and O–H groups in total. The molecule has 1 saturated heterocycles. The first-order valence-electron chi connectivity index (χ1n) is 20.2. The van der Waals surface area contributed by atoms with E-state index in [2.05, 4.69) is 82.6 Å². The Morgan fingerprint density at radius 2 is 1.59 bits per heavy atom. The Hall–Kier alpha value is -3.35. The number of rotatable bonds is 17. The average Bonchev–Trinajstić information content (AvgIpc) is 3.74. The third-order valence-corrected chi connectivity index (χ3v) is 13.3. The molecule has 1 spiro atoms. The predicted molar refractivity (Wildman–Crippen MR) is 202 cm³/mol. The SMILES string of the molecule is COc1ccc2c3c1O[C@H]1[C@H](N(CCCCc4ccccc4)C(=O)CCCCCCCc4ccccc4)CC[C@H]4[C@@H](C2)N(CC2CC2O)CC[C@@]341. The van der Waals surface area contributed by atoms with Crippen LogP contribution >= 0.6 is 0 Å². The summed E-state index contributed by atoms with van der Waals surface area (Å²) in [5.74, 6) is 3.03. The molecule has 2 saturated carbocycles. The highest BCUT2D eigenvalue weighted by Gasteiger charge is 2.67. The highest BCUT2D eigenvalue weighted by Crippen LogP contribution is 2.64. The number of nitrogens with zero attached hydrogens (tertiary/aromatic N) is 2. The first kappa shape index (κ1) is 34.7. The van der Waals surface area contributed by atoms with E-state index in [1.54, 1.807) is 7.11 Å². The number of methoxy groups -OCH3 is 1. The zero-order valence-corrected chi connectivity index (χ0v) is 30.7. The van der Waals surface area contributed by atoms with Crippen LogP contribution in [-0.2, 0) is 29.5 Å². The minimum atomic E-state index is -0.123. The van der Waals surface area contributed by atoms with Gasteiger partial charge in [0.05, 0.1) is 19.3 Å². The highest BCUT2D eigenvalue weighted by atomic mass is 16.5. The van der Waals surface area contributed by atoms with Gasteiger partial charge in [-0.25, -0.2) is 0 Å². The fourth-order valence-corrected chi connectivity index (χ4v) is 10.7. The van der Waals surface area contributed by atoms with Crippen molar-refractivity contribution in [1.29, 1.82) is 0 Å². The Balaban J connectivity index is 0.986. The van der Waals surface area contributed by atoms with Crippen molar-refractivity contribution >= 4 is 5.91 Å². The zero-order valence-electron chi connectivity index (χ0n) is 30.7. The summed E-state index contributed by atoms with van der Waals surface area (Å²) in [7, 11) is 1.76. The topological polar surface area (TPSA) is 62.2 Å². The quantitative estimate of drug-likeness (QED) is 0.146. The van der Waals surface area contributed by atoms with Crippen molar-refractivity contribution in [1.82, 2.24) is 9.80 Å². The number of hydrogen-bond donors (Lipinski definition) is 1. The summed E-state index contributed by atoms with van der Waals surface area (Å²) < 4.78 is 13.1. The Morgan fingerprint density at radius 1 is 0.902 bits per heavy atom. The number of aryl methyl sites for hydroxylation is 2. The Kier molecular flexibility index (Phi) is 10.4. The monoisotopic (exact) mass is 690 g/mol. The molecule has 272 valence electrons. The molecule has 3 aromatic carbocycles. The van der Waals surface area contributed by atoms with Gasteiger partial charge in [-0.15, -0.1) is 0 Å². The lowest BCUT2D eigenvalue weighted by atomic mass is 9.51. The number of likely N-dealkylation sites (tertiary alicyclic amines) is 1. The molecule has 8 rings (SSSR count). The zero-order chi connectivity index (χ0) is 34.8.